The molecule has 0 saturated carbocycles. The molecule has 1 aromatic rings. The zero-order valence-corrected chi connectivity index (χ0v) is 12.4. The van der Waals surface area contributed by atoms with E-state index in [1.807, 2.05) is 6.92 Å². The van der Waals surface area contributed by atoms with Crippen molar-refractivity contribution in [1.29, 1.82) is 0 Å². The predicted molar refractivity (Wildman–Crippen MR) is 76.4 cm³/mol. The second kappa shape index (κ2) is 6.11. The van der Waals surface area contributed by atoms with Gasteiger partial charge >= 0.3 is 0 Å². The van der Waals surface area contributed by atoms with Crippen molar-refractivity contribution < 1.29 is 9.53 Å². The van der Waals surface area contributed by atoms with Crippen molar-refractivity contribution in [1.82, 2.24) is 20.1 Å². The molecule has 2 aliphatic rings. The Morgan fingerprint density at radius 2 is 2.24 bits per heavy atom. The van der Waals surface area contributed by atoms with Crippen LogP contribution in [0.5, 0.6) is 0 Å². The van der Waals surface area contributed by atoms with Gasteiger partial charge in [-0.1, -0.05) is 6.42 Å². The number of carbonyl (C=O) groups is 1. The van der Waals surface area contributed by atoms with E-state index >= 15 is 0 Å². The van der Waals surface area contributed by atoms with Gasteiger partial charge in [0.05, 0.1) is 25.2 Å². The molecule has 2 aliphatic heterocycles. The summed E-state index contributed by atoms with van der Waals surface area (Å²) in [4.78, 5) is 12.3. The van der Waals surface area contributed by atoms with Gasteiger partial charge in [0.1, 0.15) is 5.82 Å². The Labute approximate surface area is 124 Å². The van der Waals surface area contributed by atoms with E-state index in [2.05, 4.69) is 20.1 Å². The van der Waals surface area contributed by atoms with E-state index in [9.17, 15) is 4.79 Å². The molecule has 3 heterocycles. The Balaban J connectivity index is 1.69. The zero-order chi connectivity index (χ0) is 14.8. The van der Waals surface area contributed by atoms with Crippen LogP contribution in [0.1, 0.15) is 43.9 Å². The van der Waals surface area contributed by atoms with Gasteiger partial charge in [0.25, 0.3) is 0 Å². The Bertz CT molecular complexity index is 515. The van der Waals surface area contributed by atoms with Crippen LogP contribution in [-0.2, 0) is 22.5 Å². The van der Waals surface area contributed by atoms with Gasteiger partial charge in [-0.05, 0) is 19.8 Å². The second-order valence-corrected chi connectivity index (χ2v) is 5.97. The van der Waals surface area contributed by atoms with E-state index in [0.29, 0.717) is 13.2 Å². The molecule has 0 spiro atoms. The number of hydrogen-bond acceptors (Lipinski definition) is 5. The average Bonchev–Trinajstić information content (AvgIpc) is 2.99. The maximum atomic E-state index is 12.3. The van der Waals surface area contributed by atoms with Gasteiger partial charge in [0, 0.05) is 19.0 Å². The largest absolute Gasteiger partial charge is 0.379 e. The molecule has 1 saturated heterocycles. The molecule has 0 aliphatic carbocycles. The minimum atomic E-state index is -0.265. The monoisotopic (exact) mass is 293 g/mol. The maximum absolute atomic E-state index is 12.3. The van der Waals surface area contributed by atoms with Crippen LogP contribution in [0.4, 0.5) is 0 Å². The first-order valence-electron chi connectivity index (χ1n) is 7.72. The zero-order valence-electron chi connectivity index (χ0n) is 12.4. The number of aromatic nitrogens is 3. The molecule has 21 heavy (non-hydrogen) atoms. The number of aryl methyl sites for hydroxylation is 1. The van der Waals surface area contributed by atoms with E-state index in [1.54, 1.807) is 0 Å². The van der Waals surface area contributed by atoms with Gasteiger partial charge in [-0.25, -0.2) is 0 Å². The summed E-state index contributed by atoms with van der Waals surface area (Å²) in [5.41, 5.74) is 5.89. The topological polar surface area (TPSA) is 95.1 Å². The van der Waals surface area contributed by atoms with Gasteiger partial charge in [-0.3, -0.25) is 4.79 Å². The first-order chi connectivity index (χ1) is 10.2. The quantitative estimate of drug-likeness (QED) is 0.827. The average molecular weight is 293 g/mol. The van der Waals surface area contributed by atoms with Crippen LogP contribution in [-0.4, -0.2) is 39.9 Å². The fraction of sp³-hybridized carbons (Fsp3) is 0.786. The third-order valence-electron chi connectivity index (χ3n) is 4.35. The highest BCUT2D eigenvalue weighted by Crippen LogP contribution is 2.20. The van der Waals surface area contributed by atoms with E-state index in [0.717, 1.165) is 37.5 Å². The number of nitrogens with zero attached hydrogens (tertiary/aromatic N) is 3. The SMILES string of the molecule is CC(NC(=O)C1COCC1N)c1nnc2n1CCCCC2. The van der Waals surface area contributed by atoms with Crippen LogP contribution in [0.25, 0.3) is 0 Å². The lowest BCUT2D eigenvalue weighted by Crippen LogP contribution is -2.42. The van der Waals surface area contributed by atoms with Crippen molar-refractivity contribution in [2.45, 2.75) is 51.2 Å². The highest BCUT2D eigenvalue weighted by atomic mass is 16.5. The van der Waals surface area contributed by atoms with Gasteiger partial charge in [0.2, 0.25) is 5.91 Å². The number of amides is 1. The minimum Gasteiger partial charge on any atom is -0.379 e. The number of rotatable bonds is 3. The van der Waals surface area contributed by atoms with Crippen molar-refractivity contribution in [2.24, 2.45) is 11.7 Å². The van der Waals surface area contributed by atoms with E-state index in [-0.39, 0.29) is 23.9 Å². The standard InChI is InChI=1S/C14H23N5O2/c1-9(16-14(20)10-7-21-8-11(10)15)13-18-17-12-5-3-2-4-6-19(12)13/h9-11H,2-8,15H2,1H3,(H,16,20). The van der Waals surface area contributed by atoms with E-state index in [4.69, 9.17) is 10.5 Å². The summed E-state index contributed by atoms with van der Waals surface area (Å²) in [6.45, 7) is 3.73. The molecule has 3 N–H and O–H groups in total. The molecule has 116 valence electrons. The third kappa shape index (κ3) is 2.94. The first-order valence-corrected chi connectivity index (χ1v) is 7.72. The summed E-state index contributed by atoms with van der Waals surface area (Å²) >= 11 is 0. The maximum Gasteiger partial charge on any atom is 0.227 e. The number of nitrogens with one attached hydrogen (secondary N) is 1. The molecule has 7 nitrogen and oxygen atoms in total. The van der Waals surface area contributed by atoms with Gasteiger partial charge in [-0.15, -0.1) is 10.2 Å². The second-order valence-electron chi connectivity index (χ2n) is 5.97. The van der Waals surface area contributed by atoms with Crippen LogP contribution in [0.15, 0.2) is 0 Å². The lowest BCUT2D eigenvalue weighted by molar-refractivity contribution is -0.125. The van der Waals surface area contributed by atoms with E-state index < -0.39 is 0 Å². The van der Waals surface area contributed by atoms with Crippen LogP contribution in [0.3, 0.4) is 0 Å². The fourth-order valence-corrected chi connectivity index (χ4v) is 3.05. The molecular weight excluding hydrogens is 270 g/mol. The van der Waals surface area contributed by atoms with Crippen LogP contribution >= 0.6 is 0 Å². The van der Waals surface area contributed by atoms with Crippen LogP contribution in [0.2, 0.25) is 0 Å². The number of carbonyl (C=O) groups excluding carboxylic acids is 1. The van der Waals surface area contributed by atoms with Crippen molar-refractivity contribution in [2.75, 3.05) is 13.2 Å². The summed E-state index contributed by atoms with van der Waals surface area (Å²) in [5, 5.41) is 11.5. The molecular formula is C14H23N5O2. The summed E-state index contributed by atoms with van der Waals surface area (Å²) in [6.07, 6.45) is 4.49. The highest BCUT2D eigenvalue weighted by Gasteiger charge is 2.32. The summed E-state index contributed by atoms with van der Waals surface area (Å²) in [7, 11) is 0. The lowest BCUT2D eigenvalue weighted by Gasteiger charge is -2.19. The third-order valence-corrected chi connectivity index (χ3v) is 4.35. The Kier molecular flexibility index (Phi) is 4.21. The Hall–Kier alpha value is -1.47. The molecule has 0 radical (unpaired) electrons. The van der Waals surface area contributed by atoms with Gasteiger partial charge < -0.3 is 20.4 Å². The highest BCUT2D eigenvalue weighted by molar-refractivity contribution is 5.80. The summed E-state index contributed by atoms with van der Waals surface area (Å²) in [5.74, 6) is 1.55. The Morgan fingerprint density at radius 1 is 1.38 bits per heavy atom. The molecule has 1 amide bonds. The van der Waals surface area contributed by atoms with Crippen molar-refractivity contribution in [3.8, 4) is 0 Å². The molecule has 0 aromatic carbocycles. The van der Waals surface area contributed by atoms with Gasteiger partial charge in [0.15, 0.2) is 5.82 Å². The molecule has 1 aromatic heterocycles. The molecule has 3 unspecified atom stereocenters. The minimum absolute atomic E-state index is 0.0570. The molecule has 1 fully saturated rings. The first kappa shape index (κ1) is 14.5. The normalized spacial score (nSPS) is 27.0. The summed E-state index contributed by atoms with van der Waals surface area (Å²) in [6, 6.07) is -0.377. The number of fused-ring (bicyclic) bond motifs is 1. The van der Waals surface area contributed by atoms with E-state index in [1.165, 1.54) is 6.42 Å². The fourth-order valence-electron chi connectivity index (χ4n) is 3.05. The smallest absolute Gasteiger partial charge is 0.227 e. The molecule has 3 rings (SSSR count). The van der Waals surface area contributed by atoms with Crippen molar-refractivity contribution in [3.63, 3.8) is 0 Å². The van der Waals surface area contributed by atoms with Crippen LogP contribution < -0.4 is 11.1 Å². The number of hydrogen-bond donors (Lipinski definition) is 2. The molecule has 3 atom stereocenters. The summed E-state index contributed by atoms with van der Waals surface area (Å²) < 4.78 is 7.41. The van der Waals surface area contributed by atoms with Crippen molar-refractivity contribution in [3.05, 3.63) is 11.6 Å². The lowest BCUT2D eigenvalue weighted by atomic mass is 10.0. The Morgan fingerprint density at radius 3 is 3.00 bits per heavy atom. The predicted octanol–water partition coefficient (Wildman–Crippen LogP) is 0.155. The molecule has 7 heteroatoms. The van der Waals surface area contributed by atoms with Crippen molar-refractivity contribution >= 4 is 5.91 Å². The van der Waals surface area contributed by atoms with Gasteiger partial charge in [-0.2, -0.15) is 0 Å². The van der Waals surface area contributed by atoms with Crippen LogP contribution in [0, 0.1) is 5.92 Å². The number of ether oxygens (including phenoxy) is 1. The number of nitrogens with two attached hydrogens (primary N) is 1. The molecule has 0 bridgehead atoms.